The Morgan fingerprint density at radius 3 is 1.70 bits per heavy atom. The Kier molecular flexibility index (Phi) is 4.31. The lowest BCUT2D eigenvalue weighted by Gasteiger charge is -2.05. The van der Waals surface area contributed by atoms with Crippen molar-refractivity contribution in [2.24, 2.45) is 15.7 Å². The van der Waals surface area contributed by atoms with E-state index in [-0.39, 0.29) is 0 Å². The second-order valence-corrected chi connectivity index (χ2v) is 4.78. The van der Waals surface area contributed by atoms with Crippen molar-refractivity contribution in [3.63, 3.8) is 0 Å². The second-order valence-electron chi connectivity index (χ2n) is 4.78. The van der Waals surface area contributed by atoms with Crippen molar-refractivity contribution in [3.05, 3.63) is 70.8 Å². The topological polar surface area (TPSA) is 50.7 Å². The first-order valence-electron chi connectivity index (χ1n) is 6.55. The largest absolute Gasteiger partial charge is 0.383 e. The fraction of sp³-hybridized carbons (Fsp3) is 0.176. The van der Waals surface area contributed by atoms with Gasteiger partial charge >= 0.3 is 0 Å². The predicted molar refractivity (Wildman–Crippen MR) is 85.5 cm³/mol. The average Bonchev–Trinajstić information content (AvgIpc) is 2.46. The van der Waals surface area contributed by atoms with E-state index >= 15 is 0 Å². The molecule has 102 valence electrons. The smallest absolute Gasteiger partial charge is 0.156 e. The van der Waals surface area contributed by atoms with E-state index in [4.69, 9.17) is 5.73 Å². The van der Waals surface area contributed by atoms with Gasteiger partial charge in [0.05, 0.1) is 0 Å². The Bertz CT molecular complexity index is 635. The van der Waals surface area contributed by atoms with Crippen LogP contribution in [0.25, 0.3) is 0 Å². The van der Waals surface area contributed by atoms with Crippen LogP contribution < -0.4 is 5.73 Å². The number of hydrogen-bond acceptors (Lipinski definition) is 1. The van der Waals surface area contributed by atoms with Gasteiger partial charge in [-0.25, -0.2) is 4.99 Å². The molecule has 2 aromatic rings. The van der Waals surface area contributed by atoms with Gasteiger partial charge in [-0.05, 0) is 13.8 Å². The van der Waals surface area contributed by atoms with Crippen LogP contribution >= 0.6 is 0 Å². The van der Waals surface area contributed by atoms with Gasteiger partial charge in [0.2, 0.25) is 0 Å². The van der Waals surface area contributed by atoms with Gasteiger partial charge in [-0.15, -0.1) is 0 Å². The molecule has 0 fully saturated rings. The fourth-order valence-electron chi connectivity index (χ4n) is 1.85. The van der Waals surface area contributed by atoms with Gasteiger partial charge in [0.1, 0.15) is 5.84 Å². The van der Waals surface area contributed by atoms with Gasteiger partial charge in [0, 0.05) is 18.2 Å². The Morgan fingerprint density at radius 2 is 1.25 bits per heavy atom. The molecule has 0 spiro atoms. The maximum Gasteiger partial charge on any atom is 0.156 e. The molecule has 0 atom stereocenters. The summed E-state index contributed by atoms with van der Waals surface area (Å²) in [7, 11) is 1.72. The van der Waals surface area contributed by atoms with Crippen LogP contribution in [0.15, 0.2) is 58.5 Å². The molecule has 0 amide bonds. The van der Waals surface area contributed by atoms with E-state index in [1.807, 2.05) is 55.5 Å². The average molecular weight is 265 g/mol. The molecule has 0 heterocycles. The highest BCUT2D eigenvalue weighted by molar-refractivity contribution is 6.10. The summed E-state index contributed by atoms with van der Waals surface area (Å²) >= 11 is 0. The molecule has 0 aromatic heterocycles. The monoisotopic (exact) mass is 265 g/mol. The Labute approximate surface area is 119 Å². The molecule has 2 N–H and O–H groups in total. The molecule has 0 aliphatic heterocycles. The van der Waals surface area contributed by atoms with Crippen LogP contribution in [0, 0.1) is 13.8 Å². The van der Waals surface area contributed by atoms with Crippen LogP contribution in [0.5, 0.6) is 0 Å². The van der Waals surface area contributed by atoms with Crippen LogP contribution in [-0.4, -0.2) is 18.7 Å². The van der Waals surface area contributed by atoms with Crippen LogP contribution in [0.4, 0.5) is 0 Å². The lowest BCUT2D eigenvalue weighted by molar-refractivity contribution is 1.36. The first-order chi connectivity index (χ1) is 9.60. The molecular weight excluding hydrogens is 246 g/mol. The minimum Gasteiger partial charge on any atom is -0.383 e. The standard InChI is InChI=1S/C17H19N3/c1-12-4-8-14(9-5-12)16(18)20-17(19-3)15-10-6-13(2)7-11-15/h4-11H,1-3H3,(H2,18,19,20). The highest BCUT2D eigenvalue weighted by Gasteiger charge is 2.04. The Morgan fingerprint density at radius 1 is 0.800 bits per heavy atom. The van der Waals surface area contributed by atoms with E-state index in [9.17, 15) is 0 Å². The molecule has 3 nitrogen and oxygen atoms in total. The lowest BCUT2D eigenvalue weighted by Crippen LogP contribution is -2.16. The first-order valence-corrected chi connectivity index (χ1v) is 6.55. The summed E-state index contributed by atoms with van der Waals surface area (Å²) in [5, 5.41) is 0. The zero-order valence-electron chi connectivity index (χ0n) is 12.1. The third-order valence-corrected chi connectivity index (χ3v) is 3.10. The Balaban J connectivity index is 2.31. The van der Waals surface area contributed by atoms with Gasteiger partial charge in [-0.3, -0.25) is 4.99 Å². The minimum atomic E-state index is 0.478. The number of nitrogens with two attached hydrogens (primary N) is 1. The molecule has 0 aliphatic carbocycles. The van der Waals surface area contributed by atoms with Crippen molar-refractivity contribution in [1.29, 1.82) is 0 Å². The van der Waals surface area contributed by atoms with E-state index < -0.39 is 0 Å². The van der Waals surface area contributed by atoms with Crippen molar-refractivity contribution < 1.29 is 0 Å². The van der Waals surface area contributed by atoms with Crippen LogP contribution in [0.2, 0.25) is 0 Å². The van der Waals surface area contributed by atoms with Gasteiger partial charge in [-0.1, -0.05) is 59.7 Å². The fourth-order valence-corrected chi connectivity index (χ4v) is 1.85. The quantitative estimate of drug-likeness (QED) is 0.658. The molecule has 0 saturated heterocycles. The van der Waals surface area contributed by atoms with E-state index in [1.165, 1.54) is 11.1 Å². The van der Waals surface area contributed by atoms with Crippen molar-refractivity contribution >= 4 is 11.7 Å². The normalized spacial score (nSPS) is 12.6. The molecule has 0 unspecified atom stereocenters. The molecule has 0 radical (unpaired) electrons. The number of aliphatic imine (C=N–C) groups is 2. The van der Waals surface area contributed by atoms with Crippen molar-refractivity contribution in [1.82, 2.24) is 0 Å². The predicted octanol–water partition coefficient (Wildman–Crippen LogP) is 3.09. The lowest BCUT2D eigenvalue weighted by atomic mass is 10.1. The summed E-state index contributed by atoms with van der Waals surface area (Å²) < 4.78 is 0. The number of amidine groups is 2. The number of rotatable bonds is 2. The third-order valence-electron chi connectivity index (χ3n) is 3.10. The van der Waals surface area contributed by atoms with E-state index in [1.54, 1.807) is 7.05 Å². The van der Waals surface area contributed by atoms with Gasteiger partial charge in [0.25, 0.3) is 0 Å². The zero-order chi connectivity index (χ0) is 14.5. The van der Waals surface area contributed by atoms with Crippen LogP contribution in [-0.2, 0) is 0 Å². The molecule has 0 bridgehead atoms. The Hall–Kier alpha value is -2.42. The van der Waals surface area contributed by atoms with Crippen LogP contribution in [0.1, 0.15) is 22.3 Å². The zero-order valence-corrected chi connectivity index (χ0v) is 12.1. The van der Waals surface area contributed by atoms with Gasteiger partial charge in [0.15, 0.2) is 5.84 Å². The van der Waals surface area contributed by atoms with E-state index in [2.05, 4.69) is 16.9 Å². The highest BCUT2D eigenvalue weighted by Crippen LogP contribution is 2.08. The summed E-state index contributed by atoms with van der Waals surface area (Å²) in [4.78, 5) is 8.66. The number of aryl methyl sites for hydroxylation is 2. The molecule has 0 aliphatic rings. The second kappa shape index (κ2) is 6.15. The molecule has 2 aromatic carbocycles. The van der Waals surface area contributed by atoms with Crippen LogP contribution in [0.3, 0.4) is 0 Å². The van der Waals surface area contributed by atoms with E-state index in [0.717, 1.165) is 11.1 Å². The number of nitrogens with zero attached hydrogens (tertiary/aromatic N) is 2. The molecule has 2 rings (SSSR count). The maximum atomic E-state index is 6.06. The maximum absolute atomic E-state index is 6.06. The van der Waals surface area contributed by atoms with Crippen molar-refractivity contribution in [2.45, 2.75) is 13.8 Å². The number of benzene rings is 2. The summed E-state index contributed by atoms with van der Waals surface area (Å²) in [6, 6.07) is 16.1. The third kappa shape index (κ3) is 3.32. The molecule has 20 heavy (non-hydrogen) atoms. The molecular formula is C17H19N3. The SMILES string of the molecule is CN=C(N=C(N)c1ccc(C)cc1)c1ccc(C)cc1. The van der Waals surface area contributed by atoms with Gasteiger partial charge in [-0.2, -0.15) is 0 Å². The molecule has 0 saturated carbocycles. The van der Waals surface area contributed by atoms with Gasteiger partial charge < -0.3 is 5.73 Å². The van der Waals surface area contributed by atoms with E-state index in [0.29, 0.717) is 11.7 Å². The summed E-state index contributed by atoms with van der Waals surface area (Å²) in [5.41, 5.74) is 10.3. The number of hydrogen-bond donors (Lipinski definition) is 1. The first kappa shape index (κ1) is 14.0. The van der Waals surface area contributed by atoms with Crippen molar-refractivity contribution in [3.8, 4) is 0 Å². The summed E-state index contributed by atoms with van der Waals surface area (Å²) in [6.07, 6.45) is 0. The molecule has 3 heteroatoms. The highest BCUT2D eigenvalue weighted by atomic mass is 14.9. The summed E-state index contributed by atoms with van der Waals surface area (Å²) in [6.45, 7) is 4.10. The summed E-state index contributed by atoms with van der Waals surface area (Å²) in [5.74, 6) is 1.12. The minimum absolute atomic E-state index is 0.478. The van der Waals surface area contributed by atoms with Crippen molar-refractivity contribution in [2.75, 3.05) is 7.05 Å².